The minimum atomic E-state index is -0.411. The Morgan fingerprint density at radius 3 is 2.67 bits per heavy atom. The summed E-state index contributed by atoms with van der Waals surface area (Å²) in [5.41, 5.74) is -0.411. The molecule has 0 aromatic rings. The summed E-state index contributed by atoms with van der Waals surface area (Å²) in [5.74, 6) is 0.535. The van der Waals surface area contributed by atoms with Crippen molar-refractivity contribution in [2.45, 2.75) is 45.8 Å². The Morgan fingerprint density at radius 1 is 1.53 bits per heavy atom. The molecule has 0 spiro atoms. The molecule has 1 heterocycles. The Hall–Kier alpha value is -0.770. The molecule has 15 heavy (non-hydrogen) atoms. The lowest BCUT2D eigenvalue weighted by Crippen LogP contribution is -2.35. The summed E-state index contributed by atoms with van der Waals surface area (Å²) in [4.78, 5) is 11.3. The average molecular weight is 214 g/mol. The quantitative estimate of drug-likeness (QED) is 0.732. The summed E-state index contributed by atoms with van der Waals surface area (Å²) >= 11 is 0. The minimum absolute atomic E-state index is 0.318. The zero-order valence-corrected chi connectivity index (χ0v) is 10.1. The topological polar surface area (TPSA) is 50.4 Å². The van der Waals surface area contributed by atoms with E-state index in [0.29, 0.717) is 18.5 Å². The molecule has 2 N–H and O–H groups in total. The van der Waals surface area contributed by atoms with Gasteiger partial charge in [0.05, 0.1) is 0 Å². The first-order chi connectivity index (χ1) is 6.87. The summed E-state index contributed by atoms with van der Waals surface area (Å²) in [7, 11) is 0. The number of rotatable bonds is 2. The first kappa shape index (κ1) is 12.3. The molecule has 2 atom stereocenters. The largest absolute Gasteiger partial charge is 0.444 e. The molecule has 1 amide bonds. The lowest BCUT2D eigenvalue weighted by molar-refractivity contribution is 0.0520. The van der Waals surface area contributed by atoms with Crippen LogP contribution in [-0.2, 0) is 4.74 Å². The van der Waals surface area contributed by atoms with Gasteiger partial charge in [0.2, 0.25) is 0 Å². The Bertz CT molecular complexity index is 223. The van der Waals surface area contributed by atoms with Gasteiger partial charge in [-0.25, -0.2) is 4.79 Å². The molecule has 1 aliphatic rings. The highest BCUT2D eigenvalue weighted by atomic mass is 16.6. The van der Waals surface area contributed by atoms with Crippen LogP contribution in [-0.4, -0.2) is 30.8 Å². The van der Waals surface area contributed by atoms with Crippen LogP contribution in [0.1, 0.15) is 34.1 Å². The van der Waals surface area contributed by atoms with Crippen LogP contribution in [0.3, 0.4) is 0 Å². The summed E-state index contributed by atoms with van der Waals surface area (Å²) in [6, 6.07) is 0.565. The third-order valence-electron chi connectivity index (χ3n) is 2.38. The number of amides is 1. The molecule has 1 fully saturated rings. The fourth-order valence-electron chi connectivity index (χ4n) is 1.73. The summed E-state index contributed by atoms with van der Waals surface area (Å²) in [5, 5.41) is 6.15. The van der Waals surface area contributed by atoms with Crippen molar-refractivity contribution in [2.24, 2.45) is 5.92 Å². The molecule has 0 aliphatic carbocycles. The number of nitrogens with one attached hydrogen (secondary N) is 2. The zero-order chi connectivity index (χ0) is 11.5. The van der Waals surface area contributed by atoms with E-state index in [1.165, 1.54) is 0 Å². The summed E-state index contributed by atoms with van der Waals surface area (Å²) in [6.45, 7) is 9.44. The lowest BCUT2D eigenvalue weighted by atomic mass is 10.1. The van der Waals surface area contributed by atoms with Crippen molar-refractivity contribution < 1.29 is 9.53 Å². The lowest BCUT2D eigenvalue weighted by Gasteiger charge is -2.20. The maximum atomic E-state index is 11.3. The van der Waals surface area contributed by atoms with Gasteiger partial charge >= 0.3 is 6.09 Å². The van der Waals surface area contributed by atoms with E-state index in [-0.39, 0.29) is 6.09 Å². The highest BCUT2D eigenvalue weighted by molar-refractivity contribution is 5.67. The van der Waals surface area contributed by atoms with E-state index < -0.39 is 5.60 Å². The number of hydrogen-bond donors (Lipinski definition) is 2. The molecule has 1 saturated heterocycles. The van der Waals surface area contributed by atoms with Crippen LogP contribution in [0.25, 0.3) is 0 Å². The SMILES string of the molecule is CC1CC(CNC(=O)OC(C)(C)C)CN1. The summed E-state index contributed by atoms with van der Waals surface area (Å²) < 4.78 is 5.15. The maximum absolute atomic E-state index is 11.3. The molecular formula is C11H22N2O2. The highest BCUT2D eigenvalue weighted by Gasteiger charge is 2.22. The smallest absolute Gasteiger partial charge is 0.407 e. The van der Waals surface area contributed by atoms with E-state index in [1.54, 1.807) is 0 Å². The van der Waals surface area contributed by atoms with Gasteiger partial charge in [0.1, 0.15) is 5.60 Å². The molecule has 0 saturated carbocycles. The number of alkyl carbamates (subject to hydrolysis) is 1. The third-order valence-corrected chi connectivity index (χ3v) is 2.38. The molecule has 1 rings (SSSR count). The van der Waals surface area contributed by atoms with Gasteiger partial charge in [-0.05, 0) is 46.6 Å². The first-order valence-corrected chi connectivity index (χ1v) is 5.57. The van der Waals surface area contributed by atoms with Crippen LogP contribution in [0.4, 0.5) is 4.79 Å². The van der Waals surface area contributed by atoms with Crippen molar-refractivity contribution in [3.63, 3.8) is 0 Å². The van der Waals surface area contributed by atoms with Crippen LogP contribution < -0.4 is 10.6 Å². The molecule has 0 bridgehead atoms. The second kappa shape index (κ2) is 4.84. The Kier molecular flexibility index (Phi) is 3.97. The standard InChI is InChI=1S/C11H22N2O2/c1-8-5-9(6-12-8)7-13-10(14)15-11(2,3)4/h8-9,12H,5-7H2,1-4H3,(H,13,14). The van der Waals surface area contributed by atoms with Crippen molar-refractivity contribution in [2.75, 3.05) is 13.1 Å². The second-order valence-corrected chi connectivity index (χ2v) is 5.29. The predicted molar refractivity (Wildman–Crippen MR) is 59.8 cm³/mol. The van der Waals surface area contributed by atoms with Gasteiger partial charge in [-0.1, -0.05) is 0 Å². The van der Waals surface area contributed by atoms with Crippen molar-refractivity contribution in [3.05, 3.63) is 0 Å². The van der Waals surface area contributed by atoms with Gasteiger partial charge in [0.25, 0.3) is 0 Å². The van der Waals surface area contributed by atoms with E-state index in [4.69, 9.17) is 4.74 Å². The van der Waals surface area contributed by atoms with E-state index in [1.807, 2.05) is 20.8 Å². The second-order valence-electron chi connectivity index (χ2n) is 5.29. The molecular weight excluding hydrogens is 192 g/mol. The van der Waals surface area contributed by atoms with Gasteiger partial charge in [0, 0.05) is 12.6 Å². The van der Waals surface area contributed by atoms with Crippen LogP contribution in [0.2, 0.25) is 0 Å². The van der Waals surface area contributed by atoms with Crippen molar-refractivity contribution in [1.29, 1.82) is 0 Å². The van der Waals surface area contributed by atoms with Crippen molar-refractivity contribution in [3.8, 4) is 0 Å². The Balaban J connectivity index is 2.17. The van der Waals surface area contributed by atoms with E-state index >= 15 is 0 Å². The molecule has 88 valence electrons. The normalized spacial score (nSPS) is 26.4. The van der Waals surface area contributed by atoms with E-state index in [0.717, 1.165) is 13.0 Å². The minimum Gasteiger partial charge on any atom is -0.444 e. The first-order valence-electron chi connectivity index (χ1n) is 5.57. The van der Waals surface area contributed by atoms with Crippen LogP contribution in [0.5, 0.6) is 0 Å². The van der Waals surface area contributed by atoms with Gasteiger partial charge in [-0.15, -0.1) is 0 Å². The van der Waals surface area contributed by atoms with Crippen LogP contribution >= 0.6 is 0 Å². The maximum Gasteiger partial charge on any atom is 0.407 e. The third kappa shape index (κ3) is 5.02. The van der Waals surface area contributed by atoms with Gasteiger partial charge in [-0.3, -0.25) is 0 Å². The van der Waals surface area contributed by atoms with Crippen LogP contribution in [0, 0.1) is 5.92 Å². The average Bonchev–Trinajstić information content (AvgIpc) is 2.45. The van der Waals surface area contributed by atoms with Gasteiger partial charge < -0.3 is 15.4 Å². The van der Waals surface area contributed by atoms with E-state index in [9.17, 15) is 4.79 Å². The number of ether oxygens (including phenoxy) is 1. The number of carbonyl (C=O) groups excluding carboxylic acids is 1. The number of carbonyl (C=O) groups is 1. The fourth-order valence-corrected chi connectivity index (χ4v) is 1.73. The molecule has 0 aromatic carbocycles. The predicted octanol–water partition coefficient (Wildman–Crippen LogP) is 1.51. The van der Waals surface area contributed by atoms with Gasteiger partial charge in [-0.2, -0.15) is 0 Å². The monoisotopic (exact) mass is 214 g/mol. The molecule has 0 aromatic heterocycles. The van der Waals surface area contributed by atoms with Crippen LogP contribution in [0.15, 0.2) is 0 Å². The Morgan fingerprint density at radius 2 is 2.20 bits per heavy atom. The van der Waals surface area contributed by atoms with E-state index in [2.05, 4.69) is 17.6 Å². The number of hydrogen-bond acceptors (Lipinski definition) is 3. The fraction of sp³-hybridized carbons (Fsp3) is 0.909. The Labute approximate surface area is 91.8 Å². The molecule has 2 unspecified atom stereocenters. The molecule has 1 aliphatic heterocycles. The summed E-state index contributed by atoms with van der Waals surface area (Å²) in [6.07, 6.45) is 0.803. The highest BCUT2D eigenvalue weighted by Crippen LogP contribution is 2.12. The van der Waals surface area contributed by atoms with Gasteiger partial charge in [0.15, 0.2) is 0 Å². The molecule has 0 radical (unpaired) electrons. The van der Waals surface area contributed by atoms with Crippen molar-refractivity contribution in [1.82, 2.24) is 10.6 Å². The zero-order valence-electron chi connectivity index (χ0n) is 10.1. The van der Waals surface area contributed by atoms with Crippen molar-refractivity contribution >= 4 is 6.09 Å². The molecule has 4 heteroatoms. The molecule has 4 nitrogen and oxygen atoms in total.